The van der Waals surface area contributed by atoms with Gasteiger partial charge < -0.3 is 9.64 Å². The summed E-state index contributed by atoms with van der Waals surface area (Å²) in [6, 6.07) is 9.28. The molecule has 106 valence electrons. The van der Waals surface area contributed by atoms with Gasteiger partial charge in [0.15, 0.2) is 0 Å². The van der Waals surface area contributed by atoms with Crippen LogP contribution in [0.5, 0.6) is 0 Å². The number of carbonyl (C=O) groups is 2. The molecule has 20 heavy (non-hydrogen) atoms. The lowest BCUT2D eigenvalue weighted by atomic mass is 9.98. The highest BCUT2D eigenvalue weighted by Crippen LogP contribution is 2.20. The summed E-state index contributed by atoms with van der Waals surface area (Å²) in [5.74, 6) is -0.663. The van der Waals surface area contributed by atoms with E-state index in [0.717, 1.165) is 5.56 Å². The molecule has 1 amide bonds. The molecule has 0 aromatic heterocycles. The maximum atomic E-state index is 12.5. The van der Waals surface area contributed by atoms with Crippen LogP contribution in [-0.2, 0) is 14.3 Å². The molecule has 0 unspecified atom stereocenters. The van der Waals surface area contributed by atoms with E-state index < -0.39 is 11.5 Å². The summed E-state index contributed by atoms with van der Waals surface area (Å²) in [6.45, 7) is 4.22. The molecule has 0 bridgehead atoms. The first-order chi connectivity index (χ1) is 9.43. The number of carbonyl (C=O) groups excluding carboxylic acids is 2. The third kappa shape index (κ3) is 3.04. The normalized spacial score (nSPS) is 17.6. The van der Waals surface area contributed by atoms with Crippen LogP contribution < -0.4 is 0 Å². The monoisotopic (exact) mass is 274 g/mol. The Balaban J connectivity index is 2.34. The van der Waals surface area contributed by atoms with E-state index in [4.69, 9.17) is 0 Å². The van der Waals surface area contributed by atoms with Gasteiger partial charge in [-0.1, -0.05) is 30.3 Å². The minimum Gasteiger partial charge on any atom is -0.468 e. The Morgan fingerprint density at radius 3 is 2.60 bits per heavy atom. The second-order valence-corrected chi connectivity index (χ2v) is 5.38. The molecule has 0 saturated heterocycles. The van der Waals surface area contributed by atoms with Crippen molar-refractivity contribution in [1.29, 1.82) is 0 Å². The third-order valence-electron chi connectivity index (χ3n) is 3.08. The first-order valence-corrected chi connectivity index (χ1v) is 6.44. The van der Waals surface area contributed by atoms with Gasteiger partial charge in [0, 0.05) is 12.1 Å². The molecule has 0 spiro atoms. The van der Waals surface area contributed by atoms with Gasteiger partial charge in [-0.25, -0.2) is 0 Å². The van der Waals surface area contributed by atoms with Gasteiger partial charge in [-0.05, 0) is 13.8 Å². The molecule has 1 aromatic rings. The Morgan fingerprint density at radius 2 is 2.00 bits per heavy atom. The van der Waals surface area contributed by atoms with Gasteiger partial charge in [-0.3, -0.25) is 14.6 Å². The molecule has 0 saturated carbocycles. The average molecular weight is 274 g/mol. The number of rotatable bonds is 3. The van der Waals surface area contributed by atoms with Crippen molar-refractivity contribution < 1.29 is 14.3 Å². The minimum atomic E-state index is -0.427. The average Bonchev–Trinajstić information content (AvgIpc) is 2.43. The molecule has 1 aliphatic rings. The molecule has 1 heterocycles. The van der Waals surface area contributed by atoms with E-state index in [9.17, 15) is 9.59 Å². The van der Waals surface area contributed by atoms with Crippen LogP contribution in [0, 0.1) is 0 Å². The predicted octanol–water partition coefficient (Wildman–Crippen LogP) is 1.27. The summed E-state index contributed by atoms with van der Waals surface area (Å²) < 4.78 is 4.64. The first-order valence-electron chi connectivity index (χ1n) is 6.44. The number of methoxy groups -OCH3 is 1. The van der Waals surface area contributed by atoms with E-state index in [1.165, 1.54) is 12.0 Å². The number of nitrogens with zero attached hydrogens (tertiary/aromatic N) is 2. The van der Waals surface area contributed by atoms with Gasteiger partial charge >= 0.3 is 5.97 Å². The maximum absolute atomic E-state index is 12.5. The fourth-order valence-corrected chi connectivity index (χ4v) is 2.21. The Labute approximate surface area is 118 Å². The molecule has 0 atom stereocenters. The molecule has 2 rings (SSSR count). The molecule has 1 aliphatic heterocycles. The third-order valence-corrected chi connectivity index (χ3v) is 3.08. The topological polar surface area (TPSA) is 59.0 Å². The van der Waals surface area contributed by atoms with E-state index in [0.29, 0.717) is 12.3 Å². The largest absolute Gasteiger partial charge is 0.468 e. The summed E-state index contributed by atoms with van der Waals surface area (Å²) in [6.07, 6.45) is 0. The quantitative estimate of drug-likeness (QED) is 0.780. The Kier molecular flexibility index (Phi) is 3.88. The van der Waals surface area contributed by atoms with Crippen molar-refractivity contribution in [2.45, 2.75) is 19.4 Å². The summed E-state index contributed by atoms with van der Waals surface area (Å²) in [4.78, 5) is 29.9. The molecule has 1 aromatic carbocycles. The van der Waals surface area contributed by atoms with Crippen LogP contribution in [0.1, 0.15) is 19.4 Å². The predicted molar refractivity (Wildman–Crippen MR) is 75.7 cm³/mol. The van der Waals surface area contributed by atoms with Crippen LogP contribution in [0.4, 0.5) is 0 Å². The van der Waals surface area contributed by atoms with Gasteiger partial charge in [0.05, 0.1) is 12.6 Å². The Bertz CT molecular complexity index is 549. The lowest BCUT2D eigenvalue weighted by Gasteiger charge is -2.35. The highest BCUT2D eigenvalue weighted by atomic mass is 16.5. The number of hydrogen-bond acceptors (Lipinski definition) is 4. The molecule has 0 N–H and O–H groups in total. The zero-order valence-corrected chi connectivity index (χ0v) is 11.9. The van der Waals surface area contributed by atoms with Gasteiger partial charge in [-0.15, -0.1) is 0 Å². The lowest BCUT2D eigenvalue weighted by Crippen LogP contribution is -2.51. The molecular weight excluding hydrogens is 256 g/mol. The number of aliphatic imine (C=N–C) groups is 1. The van der Waals surface area contributed by atoms with Crippen LogP contribution in [-0.4, -0.2) is 48.2 Å². The smallest absolute Gasteiger partial charge is 0.325 e. The maximum Gasteiger partial charge on any atom is 0.325 e. The van der Waals surface area contributed by atoms with Crippen molar-refractivity contribution in [1.82, 2.24) is 4.90 Å². The summed E-state index contributed by atoms with van der Waals surface area (Å²) in [5, 5.41) is 0. The van der Waals surface area contributed by atoms with Crippen molar-refractivity contribution in [3.63, 3.8) is 0 Å². The van der Waals surface area contributed by atoms with Crippen molar-refractivity contribution in [3.05, 3.63) is 35.9 Å². The zero-order chi connectivity index (χ0) is 14.8. The van der Waals surface area contributed by atoms with Crippen molar-refractivity contribution >= 4 is 17.6 Å². The standard InChI is InChI=1S/C15H18N2O3/c1-15(2)10-17(9-12(18)20-3)14(19)13(16-15)11-7-5-4-6-8-11/h4-8H,9-10H2,1-3H3. The fraction of sp³-hybridized carbons (Fsp3) is 0.400. The molecule has 0 fully saturated rings. The number of ether oxygens (including phenoxy) is 1. The number of hydrogen-bond donors (Lipinski definition) is 0. The molecule has 5 nitrogen and oxygen atoms in total. The minimum absolute atomic E-state index is 0.0510. The van der Waals surface area contributed by atoms with E-state index in [2.05, 4.69) is 9.73 Å². The second kappa shape index (κ2) is 5.45. The van der Waals surface area contributed by atoms with Gasteiger partial charge in [0.1, 0.15) is 12.3 Å². The van der Waals surface area contributed by atoms with E-state index in [-0.39, 0.29) is 12.5 Å². The summed E-state index contributed by atoms with van der Waals surface area (Å²) >= 11 is 0. The highest BCUT2D eigenvalue weighted by Gasteiger charge is 2.35. The van der Waals surface area contributed by atoms with Crippen LogP contribution >= 0.6 is 0 Å². The molecule has 0 aliphatic carbocycles. The van der Waals surface area contributed by atoms with Crippen molar-refractivity contribution in [2.24, 2.45) is 4.99 Å². The lowest BCUT2D eigenvalue weighted by molar-refractivity contribution is -0.145. The van der Waals surface area contributed by atoms with Crippen LogP contribution in [0.3, 0.4) is 0 Å². The summed E-state index contributed by atoms with van der Waals surface area (Å²) in [7, 11) is 1.31. The van der Waals surface area contributed by atoms with Crippen molar-refractivity contribution in [2.75, 3.05) is 20.2 Å². The van der Waals surface area contributed by atoms with Gasteiger partial charge in [0.25, 0.3) is 5.91 Å². The number of esters is 1. The van der Waals surface area contributed by atoms with E-state index in [1.807, 2.05) is 44.2 Å². The number of amides is 1. The van der Waals surface area contributed by atoms with Crippen molar-refractivity contribution in [3.8, 4) is 0 Å². The Hall–Kier alpha value is -2.17. The first kappa shape index (κ1) is 14.2. The van der Waals surface area contributed by atoms with Gasteiger partial charge in [0.2, 0.25) is 0 Å². The second-order valence-electron chi connectivity index (χ2n) is 5.38. The Morgan fingerprint density at radius 1 is 1.35 bits per heavy atom. The van der Waals surface area contributed by atoms with Crippen LogP contribution in [0.15, 0.2) is 35.3 Å². The SMILES string of the molecule is COC(=O)CN1CC(C)(C)N=C(c2ccccc2)C1=O. The molecule has 0 radical (unpaired) electrons. The van der Waals surface area contributed by atoms with Crippen LogP contribution in [0.25, 0.3) is 0 Å². The van der Waals surface area contributed by atoms with E-state index in [1.54, 1.807) is 0 Å². The van der Waals surface area contributed by atoms with Crippen LogP contribution in [0.2, 0.25) is 0 Å². The van der Waals surface area contributed by atoms with Gasteiger partial charge in [-0.2, -0.15) is 0 Å². The molecular formula is C15H18N2O3. The number of benzene rings is 1. The van der Waals surface area contributed by atoms with E-state index >= 15 is 0 Å². The zero-order valence-electron chi connectivity index (χ0n) is 11.9. The fourth-order valence-electron chi connectivity index (χ4n) is 2.21. The molecule has 5 heteroatoms. The summed E-state index contributed by atoms with van der Waals surface area (Å²) in [5.41, 5.74) is 0.735. The highest BCUT2D eigenvalue weighted by molar-refractivity contribution is 6.45.